The minimum Gasteiger partial charge on any atom is -0.493 e. The Hall–Kier alpha value is -2.80. The molecule has 7 heteroatoms. The van der Waals surface area contributed by atoms with E-state index in [-0.39, 0.29) is 18.4 Å². The Morgan fingerprint density at radius 2 is 2.00 bits per heavy atom. The molecule has 1 heterocycles. The van der Waals surface area contributed by atoms with E-state index in [0.717, 1.165) is 4.88 Å². The van der Waals surface area contributed by atoms with Gasteiger partial charge in [-0.1, -0.05) is 12.1 Å². The van der Waals surface area contributed by atoms with Crippen LogP contribution < -0.4 is 14.8 Å². The lowest BCUT2D eigenvalue weighted by molar-refractivity contribution is -0.130. The maximum atomic E-state index is 12.4. The van der Waals surface area contributed by atoms with Gasteiger partial charge in [0.15, 0.2) is 11.5 Å². The van der Waals surface area contributed by atoms with Crippen molar-refractivity contribution in [1.29, 1.82) is 0 Å². The fraction of sp³-hybridized carbons (Fsp3) is 0.263. The summed E-state index contributed by atoms with van der Waals surface area (Å²) in [4.78, 5) is 27.5. The molecule has 1 N–H and O–H groups in total. The first-order chi connectivity index (χ1) is 12.6. The molecular formula is C19H22N2O4S. The Morgan fingerprint density at radius 3 is 2.62 bits per heavy atom. The van der Waals surface area contributed by atoms with E-state index in [1.54, 1.807) is 40.5 Å². The average molecular weight is 374 g/mol. The third-order valence-corrected chi connectivity index (χ3v) is 4.54. The van der Waals surface area contributed by atoms with Crippen LogP contribution in [0.3, 0.4) is 0 Å². The van der Waals surface area contributed by atoms with Crippen molar-refractivity contribution < 1.29 is 19.1 Å². The molecule has 6 nitrogen and oxygen atoms in total. The Balaban J connectivity index is 1.98. The van der Waals surface area contributed by atoms with Crippen LogP contribution in [0.4, 0.5) is 0 Å². The lowest BCUT2D eigenvalue weighted by atomic mass is 10.2. The molecule has 1 aromatic carbocycles. The summed E-state index contributed by atoms with van der Waals surface area (Å²) in [6.45, 7) is 4.51. The van der Waals surface area contributed by atoms with E-state index in [1.807, 2.05) is 17.5 Å². The highest BCUT2D eigenvalue weighted by Crippen LogP contribution is 2.27. The highest BCUT2D eigenvalue weighted by atomic mass is 32.1. The number of rotatable bonds is 9. The molecule has 0 radical (unpaired) electrons. The topological polar surface area (TPSA) is 67.9 Å². The van der Waals surface area contributed by atoms with E-state index in [1.165, 1.54) is 14.2 Å². The second-order valence-electron chi connectivity index (χ2n) is 5.39. The average Bonchev–Trinajstić information content (AvgIpc) is 3.18. The summed E-state index contributed by atoms with van der Waals surface area (Å²) in [5, 5.41) is 4.61. The minimum absolute atomic E-state index is 0.0909. The molecule has 0 aliphatic heterocycles. The molecule has 2 rings (SSSR count). The number of benzene rings is 1. The molecule has 2 amide bonds. The molecular weight excluding hydrogens is 352 g/mol. The first kappa shape index (κ1) is 19.5. The molecule has 0 spiro atoms. The summed E-state index contributed by atoms with van der Waals surface area (Å²) in [5.74, 6) is 0.465. The molecule has 0 saturated heterocycles. The van der Waals surface area contributed by atoms with E-state index >= 15 is 0 Å². The van der Waals surface area contributed by atoms with Crippen molar-refractivity contribution in [3.05, 3.63) is 58.8 Å². The lowest BCUT2D eigenvalue weighted by Gasteiger charge is -2.20. The van der Waals surface area contributed by atoms with Crippen LogP contribution in [0.15, 0.2) is 48.4 Å². The molecule has 0 aliphatic rings. The van der Waals surface area contributed by atoms with Gasteiger partial charge in [0.05, 0.1) is 27.3 Å². The van der Waals surface area contributed by atoms with Gasteiger partial charge in [-0.3, -0.25) is 9.59 Å². The number of hydrogen-bond donors (Lipinski definition) is 1. The Labute approximate surface area is 157 Å². The highest BCUT2D eigenvalue weighted by molar-refractivity contribution is 7.09. The molecule has 0 aliphatic carbocycles. The Bertz CT molecular complexity index is 759. The standard InChI is InChI=1S/C19H22N2O4S/c1-4-9-21(13-15-6-5-10-26-15)18(22)12-20-19(23)14-7-8-16(24-2)17(11-14)25-3/h4-8,10-11H,1,9,12-13H2,2-3H3,(H,20,23). The fourth-order valence-electron chi connectivity index (χ4n) is 2.35. The van der Waals surface area contributed by atoms with E-state index in [9.17, 15) is 9.59 Å². The van der Waals surface area contributed by atoms with Gasteiger partial charge in [0.1, 0.15) is 0 Å². The summed E-state index contributed by atoms with van der Waals surface area (Å²) < 4.78 is 10.3. The smallest absolute Gasteiger partial charge is 0.251 e. The van der Waals surface area contributed by atoms with Gasteiger partial charge in [-0.15, -0.1) is 17.9 Å². The van der Waals surface area contributed by atoms with E-state index in [0.29, 0.717) is 30.2 Å². The van der Waals surface area contributed by atoms with Crippen LogP contribution in [-0.4, -0.2) is 44.0 Å². The molecule has 138 valence electrons. The van der Waals surface area contributed by atoms with E-state index < -0.39 is 0 Å². The molecule has 0 unspecified atom stereocenters. The summed E-state index contributed by atoms with van der Waals surface area (Å²) in [5.41, 5.74) is 0.393. The number of nitrogens with zero attached hydrogens (tertiary/aromatic N) is 1. The zero-order chi connectivity index (χ0) is 18.9. The predicted molar refractivity (Wildman–Crippen MR) is 102 cm³/mol. The monoisotopic (exact) mass is 374 g/mol. The molecule has 0 saturated carbocycles. The van der Waals surface area contributed by atoms with Crippen LogP contribution in [0.2, 0.25) is 0 Å². The van der Waals surface area contributed by atoms with Gasteiger partial charge < -0.3 is 19.7 Å². The zero-order valence-electron chi connectivity index (χ0n) is 14.9. The lowest BCUT2D eigenvalue weighted by Crippen LogP contribution is -2.39. The third-order valence-electron chi connectivity index (χ3n) is 3.67. The van der Waals surface area contributed by atoms with Crippen LogP contribution in [0.1, 0.15) is 15.2 Å². The summed E-state index contributed by atoms with van der Waals surface area (Å²) in [6.07, 6.45) is 1.67. The number of ether oxygens (including phenoxy) is 2. The van der Waals surface area contributed by atoms with Gasteiger partial charge in [0.2, 0.25) is 5.91 Å². The van der Waals surface area contributed by atoms with Gasteiger partial charge in [-0.25, -0.2) is 0 Å². The Morgan fingerprint density at radius 1 is 1.23 bits per heavy atom. The third kappa shape index (κ3) is 5.10. The van der Waals surface area contributed by atoms with E-state index in [2.05, 4.69) is 11.9 Å². The van der Waals surface area contributed by atoms with Crippen molar-refractivity contribution in [2.45, 2.75) is 6.54 Å². The fourth-order valence-corrected chi connectivity index (χ4v) is 3.07. The molecule has 2 aromatic rings. The van der Waals surface area contributed by atoms with Gasteiger partial charge in [0.25, 0.3) is 5.91 Å². The first-order valence-corrected chi connectivity index (χ1v) is 8.88. The first-order valence-electron chi connectivity index (χ1n) is 8.00. The van der Waals surface area contributed by atoms with Crippen LogP contribution in [0, 0.1) is 0 Å². The molecule has 0 fully saturated rings. The quantitative estimate of drug-likeness (QED) is 0.686. The number of amides is 2. The minimum atomic E-state index is -0.353. The second-order valence-corrected chi connectivity index (χ2v) is 6.43. The molecule has 26 heavy (non-hydrogen) atoms. The maximum absolute atomic E-state index is 12.4. The summed E-state index contributed by atoms with van der Waals surface area (Å²) >= 11 is 1.58. The molecule has 1 aromatic heterocycles. The number of carbonyl (C=O) groups is 2. The summed E-state index contributed by atoms with van der Waals surface area (Å²) in [7, 11) is 3.03. The SMILES string of the molecule is C=CCN(Cc1cccs1)C(=O)CNC(=O)c1ccc(OC)c(OC)c1. The predicted octanol–water partition coefficient (Wildman–Crippen LogP) is 2.71. The van der Waals surface area contributed by atoms with Crippen LogP contribution in [0.25, 0.3) is 0 Å². The largest absolute Gasteiger partial charge is 0.493 e. The van der Waals surface area contributed by atoms with Crippen molar-refractivity contribution in [2.75, 3.05) is 27.3 Å². The van der Waals surface area contributed by atoms with Gasteiger partial charge >= 0.3 is 0 Å². The van der Waals surface area contributed by atoms with Crippen molar-refractivity contribution in [3.63, 3.8) is 0 Å². The van der Waals surface area contributed by atoms with Crippen molar-refractivity contribution >= 4 is 23.2 Å². The van der Waals surface area contributed by atoms with E-state index in [4.69, 9.17) is 9.47 Å². The normalized spacial score (nSPS) is 10.1. The number of methoxy groups -OCH3 is 2. The number of hydrogen-bond acceptors (Lipinski definition) is 5. The Kier molecular flexibility index (Phi) is 7.23. The summed E-state index contributed by atoms with van der Waals surface area (Å²) in [6, 6.07) is 8.75. The number of thiophene rings is 1. The second kappa shape index (κ2) is 9.62. The zero-order valence-corrected chi connectivity index (χ0v) is 15.7. The van der Waals surface area contributed by atoms with Crippen molar-refractivity contribution in [1.82, 2.24) is 10.2 Å². The molecule has 0 atom stereocenters. The number of carbonyl (C=O) groups excluding carboxylic acids is 2. The van der Waals surface area contributed by atoms with Crippen molar-refractivity contribution in [2.24, 2.45) is 0 Å². The van der Waals surface area contributed by atoms with Crippen LogP contribution in [-0.2, 0) is 11.3 Å². The number of nitrogens with one attached hydrogen (secondary N) is 1. The molecule has 0 bridgehead atoms. The highest BCUT2D eigenvalue weighted by Gasteiger charge is 2.16. The maximum Gasteiger partial charge on any atom is 0.251 e. The van der Waals surface area contributed by atoms with Gasteiger partial charge in [0, 0.05) is 17.0 Å². The van der Waals surface area contributed by atoms with Gasteiger partial charge in [-0.05, 0) is 29.6 Å². The van der Waals surface area contributed by atoms with Crippen molar-refractivity contribution in [3.8, 4) is 11.5 Å². The van der Waals surface area contributed by atoms with Gasteiger partial charge in [-0.2, -0.15) is 0 Å². The van der Waals surface area contributed by atoms with Crippen LogP contribution >= 0.6 is 11.3 Å². The van der Waals surface area contributed by atoms with Crippen LogP contribution in [0.5, 0.6) is 11.5 Å².